The van der Waals surface area contributed by atoms with Crippen LogP contribution >= 0.6 is 0 Å². The fourth-order valence-electron chi connectivity index (χ4n) is 2.90. The number of ether oxygens (including phenoxy) is 1. The molecule has 1 aliphatic heterocycles. The fraction of sp³-hybridized carbons (Fsp3) is 0.579. The molecule has 1 aliphatic rings. The molecule has 1 heterocycles. The Morgan fingerprint density at radius 3 is 2.52 bits per heavy atom. The average Bonchev–Trinajstić information content (AvgIpc) is 2.55. The van der Waals surface area contributed by atoms with E-state index in [1.807, 2.05) is 39.0 Å². The standard InChI is InChI=1S/C19H29NO2S/c1-5-17(18-13-9-10-14-22-18)20(23(21)19(2,3)4)15-16-11-7-6-8-12-16/h6-8,10-12,14,17-18H,5,9,13,15H2,1-4H3/t17-,18-,23?/m0/s1. The van der Waals surface area contributed by atoms with Gasteiger partial charge in [-0.3, -0.25) is 0 Å². The van der Waals surface area contributed by atoms with Crippen LogP contribution in [0, 0.1) is 0 Å². The molecule has 0 amide bonds. The van der Waals surface area contributed by atoms with Crippen LogP contribution < -0.4 is 0 Å². The zero-order chi connectivity index (χ0) is 16.9. The SMILES string of the molecule is CC[C@@H]([C@@H]1CCC=CO1)N(Cc1ccccc1)S(=O)C(C)(C)C. The van der Waals surface area contributed by atoms with Crippen LogP contribution in [0.4, 0.5) is 0 Å². The second-order valence-electron chi connectivity index (χ2n) is 7.02. The summed E-state index contributed by atoms with van der Waals surface area (Å²) in [5.74, 6) is 0. The van der Waals surface area contributed by atoms with Crippen molar-refractivity contribution in [1.29, 1.82) is 0 Å². The highest BCUT2D eigenvalue weighted by Crippen LogP contribution is 2.27. The summed E-state index contributed by atoms with van der Waals surface area (Å²) >= 11 is 0. The van der Waals surface area contributed by atoms with E-state index < -0.39 is 11.0 Å². The highest BCUT2D eigenvalue weighted by molar-refractivity contribution is 7.84. The van der Waals surface area contributed by atoms with E-state index in [0.29, 0.717) is 6.54 Å². The molecule has 1 aromatic rings. The van der Waals surface area contributed by atoms with Gasteiger partial charge in [-0.2, -0.15) is 0 Å². The lowest BCUT2D eigenvalue weighted by Crippen LogP contribution is -2.49. The van der Waals surface area contributed by atoms with Crippen molar-refractivity contribution in [3.63, 3.8) is 0 Å². The molecule has 0 bridgehead atoms. The Morgan fingerprint density at radius 2 is 2.00 bits per heavy atom. The molecular formula is C19H29NO2S. The molecule has 128 valence electrons. The first kappa shape index (κ1) is 18.2. The summed E-state index contributed by atoms with van der Waals surface area (Å²) in [5, 5.41) is 0. The molecule has 0 saturated heterocycles. The first-order valence-electron chi connectivity index (χ1n) is 8.46. The molecule has 0 saturated carbocycles. The predicted molar refractivity (Wildman–Crippen MR) is 97.2 cm³/mol. The average molecular weight is 336 g/mol. The van der Waals surface area contributed by atoms with Crippen molar-refractivity contribution in [3.8, 4) is 0 Å². The van der Waals surface area contributed by atoms with Gasteiger partial charge in [0, 0.05) is 6.54 Å². The maximum Gasteiger partial charge on any atom is 0.115 e. The first-order valence-corrected chi connectivity index (χ1v) is 9.57. The van der Waals surface area contributed by atoms with Gasteiger partial charge in [0.1, 0.15) is 17.1 Å². The molecule has 0 radical (unpaired) electrons. The minimum Gasteiger partial charge on any atom is -0.497 e. The lowest BCUT2D eigenvalue weighted by Gasteiger charge is -2.39. The van der Waals surface area contributed by atoms with Gasteiger partial charge in [-0.15, -0.1) is 0 Å². The number of hydrogen-bond donors (Lipinski definition) is 0. The third kappa shape index (κ3) is 4.92. The number of hydrogen-bond acceptors (Lipinski definition) is 2. The summed E-state index contributed by atoms with van der Waals surface area (Å²) in [7, 11) is -1.08. The molecule has 0 spiro atoms. The van der Waals surface area contributed by atoms with E-state index in [9.17, 15) is 4.21 Å². The van der Waals surface area contributed by atoms with Crippen LogP contribution in [0.3, 0.4) is 0 Å². The molecule has 23 heavy (non-hydrogen) atoms. The quantitative estimate of drug-likeness (QED) is 0.770. The second-order valence-corrected chi connectivity index (χ2v) is 9.21. The van der Waals surface area contributed by atoms with Crippen molar-refractivity contribution < 1.29 is 8.95 Å². The Balaban J connectivity index is 2.27. The topological polar surface area (TPSA) is 29.5 Å². The van der Waals surface area contributed by atoms with Gasteiger partial charge in [0.2, 0.25) is 0 Å². The number of nitrogens with zero attached hydrogens (tertiary/aromatic N) is 1. The Bertz CT molecular complexity index is 536. The third-order valence-corrected chi connectivity index (χ3v) is 5.98. The fourth-order valence-corrected chi connectivity index (χ4v) is 4.40. The van der Waals surface area contributed by atoms with Gasteiger partial charge < -0.3 is 4.74 Å². The molecule has 0 fully saturated rings. The summed E-state index contributed by atoms with van der Waals surface area (Å²) in [6, 6.07) is 10.4. The zero-order valence-corrected chi connectivity index (χ0v) is 15.5. The monoisotopic (exact) mass is 335 g/mol. The summed E-state index contributed by atoms with van der Waals surface area (Å²) in [4.78, 5) is 0. The van der Waals surface area contributed by atoms with Gasteiger partial charge in [-0.05, 0) is 51.7 Å². The largest absolute Gasteiger partial charge is 0.497 e. The summed E-state index contributed by atoms with van der Waals surface area (Å²) < 4.78 is 20.9. The van der Waals surface area contributed by atoms with Crippen LogP contribution in [-0.4, -0.2) is 25.4 Å². The molecule has 0 aliphatic carbocycles. The Morgan fingerprint density at radius 1 is 1.30 bits per heavy atom. The smallest absolute Gasteiger partial charge is 0.115 e. The molecule has 4 heteroatoms. The zero-order valence-electron chi connectivity index (χ0n) is 14.7. The Labute approximate surface area is 143 Å². The van der Waals surface area contributed by atoms with E-state index >= 15 is 0 Å². The first-order chi connectivity index (χ1) is 10.9. The number of rotatable bonds is 6. The molecule has 3 atom stereocenters. The highest BCUT2D eigenvalue weighted by atomic mass is 32.2. The third-order valence-electron chi connectivity index (χ3n) is 4.10. The van der Waals surface area contributed by atoms with Gasteiger partial charge in [0.25, 0.3) is 0 Å². The van der Waals surface area contributed by atoms with E-state index in [4.69, 9.17) is 4.74 Å². The van der Waals surface area contributed by atoms with Crippen molar-refractivity contribution in [2.24, 2.45) is 0 Å². The molecule has 1 unspecified atom stereocenters. The molecule has 1 aromatic carbocycles. The normalized spacial score (nSPS) is 21.0. The lowest BCUT2D eigenvalue weighted by molar-refractivity contribution is 0.0538. The maximum atomic E-state index is 13.2. The molecule has 2 rings (SSSR count). The Kier molecular flexibility index (Phi) is 6.42. The summed E-state index contributed by atoms with van der Waals surface area (Å²) in [6.45, 7) is 8.96. The van der Waals surface area contributed by atoms with Crippen molar-refractivity contribution in [1.82, 2.24) is 4.31 Å². The minimum atomic E-state index is -1.08. The molecule has 0 N–H and O–H groups in total. The van der Waals surface area contributed by atoms with Crippen molar-refractivity contribution >= 4 is 11.0 Å². The predicted octanol–water partition coefficient (Wildman–Crippen LogP) is 4.42. The second kappa shape index (κ2) is 8.11. The van der Waals surface area contributed by atoms with Gasteiger partial charge in [0.15, 0.2) is 0 Å². The van der Waals surface area contributed by atoms with E-state index in [0.717, 1.165) is 19.3 Å². The van der Waals surface area contributed by atoms with E-state index in [2.05, 4.69) is 29.4 Å². The lowest BCUT2D eigenvalue weighted by atomic mass is 10.0. The van der Waals surface area contributed by atoms with E-state index in [1.54, 1.807) is 6.26 Å². The van der Waals surface area contributed by atoms with Crippen LogP contribution in [0.5, 0.6) is 0 Å². The minimum absolute atomic E-state index is 0.111. The Hall–Kier alpha value is -1.13. The number of allylic oxidation sites excluding steroid dienone is 1. The van der Waals surface area contributed by atoms with E-state index in [1.165, 1.54) is 5.56 Å². The number of benzene rings is 1. The van der Waals surface area contributed by atoms with Crippen molar-refractivity contribution in [2.45, 2.75) is 70.4 Å². The molecule has 0 aromatic heterocycles. The van der Waals surface area contributed by atoms with Crippen LogP contribution in [0.15, 0.2) is 42.7 Å². The van der Waals surface area contributed by atoms with Crippen LogP contribution in [-0.2, 0) is 22.3 Å². The van der Waals surface area contributed by atoms with Crippen LogP contribution in [0.25, 0.3) is 0 Å². The van der Waals surface area contributed by atoms with Gasteiger partial charge in [-0.1, -0.05) is 37.3 Å². The molecular weight excluding hydrogens is 306 g/mol. The van der Waals surface area contributed by atoms with Crippen molar-refractivity contribution in [3.05, 3.63) is 48.2 Å². The maximum absolute atomic E-state index is 13.2. The van der Waals surface area contributed by atoms with Crippen LogP contribution in [0.1, 0.15) is 52.5 Å². The highest BCUT2D eigenvalue weighted by Gasteiger charge is 2.35. The van der Waals surface area contributed by atoms with Gasteiger partial charge >= 0.3 is 0 Å². The summed E-state index contributed by atoms with van der Waals surface area (Å²) in [5.41, 5.74) is 1.19. The van der Waals surface area contributed by atoms with Gasteiger partial charge in [0.05, 0.1) is 17.1 Å². The van der Waals surface area contributed by atoms with Crippen LogP contribution in [0.2, 0.25) is 0 Å². The summed E-state index contributed by atoms with van der Waals surface area (Å²) in [6.07, 6.45) is 6.92. The molecule has 3 nitrogen and oxygen atoms in total. The van der Waals surface area contributed by atoms with Crippen molar-refractivity contribution in [2.75, 3.05) is 0 Å². The van der Waals surface area contributed by atoms with Gasteiger partial charge in [-0.25, -0.2) is 8.51 Å². The van der Waals surface area contributed by atoms with E-state index in [-0.39, 0.29) is 16.9 Å².